The summed E-state index contributed by atoms with van der Waals surface area (Å²) in [4.78, 5) is 14.7. The number of aliphatic hydroxyl groups is 1. The zero-order valence-corrected chi connectivity index (χ0v) is 24.6. The zero-order valence-electron chi connectivity index (χ0n) is 23.8. The van der Waals surface area contributed by atoms with Gasteiger partial charge in [-0.1, -0.05) is 73.2 Å². The summed E-state index contributed by atoms with van der Waals surface area (Å²) in [5.74, 6) is 1.13. The SMILES string of the molecule is C#CC\C=C/C(/C=C/C=C(\C=C/C)C1=C/C(N=C)=CC(NC)/C=C(/Cl)CC\1)=C\C.CC1C=CC(O)=CC1C(=O)O. The smallest absolute Gasteiger partial charge is 0.311 e. The van der Waals surface area contributed by atoms with Crippen LogP contribution < -0.4 is 5.32 Å². The maximum absolute atomic E-state index is 10.5. The molecule has 2 rings (SSSR count). The van der Waals surface area contributed by atoms with Crippen molar-refractivity contribution >= 4 is 24.3 Å². The summed E-state index contributed by atoms with van der Waals surface area (Å²) in [6, 6.07) is 0.0275. The maximum atomic E-state index is 10.5. The Bertz CT molecular complexity index is 1230. The lowest BCUT2D eigenvalue weighted by atomic mass is 9.90. The van der Waals surface area contributed by atoms with Crippen LogP contribution in [0.2, 0.25) is 0 Å². The summed E-state index contributed by atoms with van der Waals surface area (Å²) in [5, 5.41) is 21.6. The van der Waals surface area contributed by atoms with E-state index in [-0.39, 0.29) is 17.7 Å². The third kappa shape index (κ3) is 12.8. The number of terminal acetylenes is 1. The van der Waals surface area contributed by atoms with Crippen molar-refractivity contribution in [2.75, 3.05) is 7.05 Å². The van der Waals surface area contributed by atoms with Crippen LogP contribution in [-0.4, -0.2) is 36.0 Å². The topological polar surface area (TPSA) is 81.9 Å². The highest BCUT2D eigenvalue weighted by Gasteiger charge is 2.23. The third-order valence-corrected chi connectivity index (χ3v) is 6.43. The first-order valence-corrected chi connectivity index (χ1v) is 13.6. The Morgan fingerprint density at radius 1 is 1.25 bits per heavy atom. The molecule has 3 atom stereocenters. The van der Waals surface area contributed by atoms with E-state index in [0.717, 1.165) is 34.7 Å². The fourth-order valence-corrected chi connectivity index (χ4v) is 4.07. The van der Waals surface area contributed by atoms with Gasteiger partial charge in [0, 0.05) is 17.5 Å². The average molecular weight is 561 g/mol. The van der Waals surface area contributed by atoms with Gasteiger partial charge in [0.25, 0.3) is 0 Å². The van der Waals surface area contributed by atoms with Crippen molar-refractivity contribution in [3.05, 3.63) is 118 Å². The lowest BCUT2D eigenvalue weighted by molar-refractivity contribution is -0.141. The van der Waals surface area contributed by atoms with E-state index in [4.69, 9.17) is 28.2 Å². The fraction of sp³-hybridized carbons (Fsp3) is 0.294. The summed E-state index contributed by atoms with van der Waals surface area (Å²) in [6.07, 6.45) is 34.6. The van der Waals surface area contributed by atoms with Gasteiger partial charge in [-0.15, -0.1) is 12.3 Å². The molecule has 0 aromatic rings. The van der Waals surface area contributed by atoms with Crippen molar-refractivity contribution in [3.8, 4) is 12.3 Å². The number of nitrogens with one attached hydrogen (secondary N) is 1. The predicted octanol–water partition coefficient (Wildman–Crippen LogP) is 7.92. The number of carbonyl (C=O) groups is 1. The number of carboxylic acid groups (broad SMARTS) is 1. The molecular formula is C34H41ClN2O3. The second kappa shape index (κ2) is 19.2. The van der Waals surface area contributed by atoms with E-state index in [1.165, 1.54) is 17.7 Å². The number of halogens is 1. The van der Waals surface area contributed by atoms with Crippen LogP contribution in [0.15, 0.2) is 123 Å². The Labute approximate surface area is 244 Å². The molecule has 2 aliphatic carbocycles. The summed E-state index contributed by atoms with van der Waals surface area (Å²) in [5.41, 5.74) is 4.22. The van der Waals surface area contributed by atoms with Gasteiger partial charge in [0.2, 0.25) is 0 Å². The highest BCUT2D eigenvalue weighted by molar-refractivity contribution is 6.29. The molecule has 3 unspecified atom stereocenters. The third-order valence-electron chi connectivity index (χ3n) is 6.12. The number of carboxylic acids is 1. The Balaban J connectivity index is 0.000000603. The summed E-state index contributed by atoms with van der Waals surface area (Å²) < 4.78 is 0. The lowest BCUT2D eigenvalue weighted by Crippen LogP contribution is -2.20. The standard InChI is InChI=1S/C26H31ClN2.C8H10O3/c1-6-9-10-13-21(8-3)14-11-15-22(12-7-2)23-16-17-24(27)19-26(29-5)20-25(18-23)28-4;1-5-2-3-6(9)4-7(5)8(10)11/h1,7-8,10-15,18-20,26,29H,4,9,16-17H2,2-3,5H3;2-5,7,9H,1H3,(H,10,11)/b12-7-,13-10-,14-11+,21-8+,22-15+,23-18+,24-19+,25-20?;. The molecule has 212 valence electrons. The molecule has 6 heteroatoms. The number of nitrogens with zero attached hydrogens (tertiary/aromatic N) is 1. The molecule has 0 aromatic carbocycles. The summed E-state index contributed by atoms with van der Waals surface area (Å²) in [6.45, 7) is 9.55. The normalized spacial score (nSPS) is 24.9. The Morgan fingerprint density at radius 3 is 2.58 bits per heavy atom. The van der Waals surface area contributed by atoms with Crippen molar-refractivity contribution in [2.24, 2.45) is 16.8 Å². The Hall–Kier alpha value is -3.85. The zero-order chi connectivity index (χ0) is 29.9. The molecule has 0 radical (unpaired) electrons. The van der Waals surface area contributed by atoms with Gasteiger partial charge in [-0.25, -0.2) is 0 Å². The van der Waals surface area contributed by atoms with Crippen LogP contribution in [0.3, 0.4) is 0 Å². The van der Waals surface area contributed by atoms with E-state index in [1.54, 1.807) is 13.0 Å². The number of hydrogen-bond donors (Lipinski definition) is 3. The molecule has 0 saturated heterocycles. The summed E-state index contributed by atoms with van der Waals surface area (Å²) >= 11 is 6.44. The highest BCUT2D eigenvalue weighted by Crippen LogP contribution is 2.26. The molecule has 0 heterocycles. The fourth-order valence-electron chi connectivity index (χ4n) is 3.84. The number of aliphatic hydroxyl groups excluding tert-OH is 1. The minimum Gasteiger partial charge on any atom is -0.508 e. The lowest BCUT2D eigenvalue weighted by Gasteiger charge is -2.16. The molecule has 0 bridgehead atoms. The van der Waals surface area contributed by atoms with Gasteiger partial charge in [0.05, 0.1) is 11.6 Å². The van der Waals surface area contributed by atoms with Gasteiger partial charge >= 0.3 is 5.97 Å². The molecule has 40 heavy (non-hydrogen) atoms. The van der Waals surface area contributed by atoms with Crippen LogP contribution in [0.5, 0.6) is 0 Å². The molecule has 0 saturated carbocycles. The molecule has 0 aliphatic heterocycles. The number of aliphatic carboxylic acids is 1. The average Bonchev–Trinajstić information content (AvgIpc) is 3.01. The van der Waals surface area contributed by atoms with E-state index < -0.39 is 11.9 Å². The number of rotatable bonds is 9. The molecule has 0 aromatic heterocycles. The predicted molar refractivity (Wildman–Crippen MR) is 170 cm³/mol. The van der Waals surface area contributed by atoms with Gasteiger partial charge in [0.1, 0.15) is 5.76 Å². The van der Waals surface area contributed by atoms with Crippen LogP contribution in [0.4, 0.5) is 0 Å². The number of aliphatic imine (C=N–C) groups is 1. The highest BCUT2D eigenvalue weighted by atomic mass is 35.5. The van der Waals surface area contributed by atoms with E-state index in [2.05, 4.69) is 59.4 Å². The van der Waals surface area contributed by atoms with Gasteiger partial charge in [-0.2, -0.15) is 0 Å². The van der Waals surface area contributed by atoms with E-state index in [0.29, 0.717) is 6.42 Å². The van der Waals surface area contributed by atoms with Crippen molar-refractivity contribution in [3.63, 3.8) is 0 Å². The van der Waals surface area contributed by atoms with Crippen LogP contribution in [-0.2, 0) is 4.79 Å². The van der Waals surface area contributed by atoms with Crippen LogP contribution >= 0.6 is 11.6 Å². The maximum Gasteiger partial charge on any atom is 0.311 e. The van der Waals surface area contributed by atoms with Crippen molar-refractivity contribution in [2.45, 2.75) is 46.1 Å². The molecular weight excluding hydrogens is 520 g/mol. The number of allylic oxidation sites excluding steroid dienone is 15. The van der Waals surface area contributed by atoms with Crippen LogP contribution in [0.1, 0.15) is 40.0 Å². The van der Waals surface area contributed by atoms with Crippen molar-refractivity contribution < 1.29 is 15.0 Å². The number of hydrogen-bond acceptors (Lipinski definition) is 4. The van der Waals surface area contributed by atoms with Gasteiger partial charge < -0.3 is 15.5 Å². The minimum absolute atomic E-state index is 0.0275. The Morgan fingerprint density at radius 2 is 2.00 bits per heavy atom. The van der Waals surface area contributed by atoms with Gasteiger partial charge in [-0.3, -0.25) is 9.79 Å². The van der Waals surface area contributed by atoms with Crippen molar-refractivity contribution in [1.29, 1.82) is 0 Å². The van der Waals surface area contributed by atoms with E-state index >= 15 is 0 Å². The largest absolute Gasteiger partial charge is 0.508 e. The summed E-state index contributed by atoms with van der Waals surface area (Å²) in [7, 11) is 1.90. The molecule has 2 aliphatic rings. The van der Waals surface area contributed by atoms with Gasteiger partial charge in [-0.05, 0) is 93.5 Å². The molecule has 0 spiro atoms. The quantitative estimate of drug-likeness (QED) is 0.152. The van der Waals surface area contributed by atoms with E-state index in [1.807, 2.05) is 51.3 Å². The molecule has 5 nitrogen and oxygen atoms in total. The van der Waals surface area contributed by atoms with E-state index in [9.17, 15) is 4.79 Å². The van der Waals surface area contributed by atoms with Crippen molar-refractivity contribution in [1.82, 2.24) is 5.32 Å². The monoisotopic (exact) mass is 560 g/mol. The Kier molecular flexibility index (Phi) is 16.4. The second-order valence-corrected chi connectivity index (χ2v) is 9.59. The molecule has 0 amide bonds. The first-order valence-electron chi connectivity index (χ1n) is 13.2. The number of likely N-dealkylation sites (N-methyl/N-ethyl adjacent to an activating group) is 1. The minimum atomic E-state index is -0.895. The van der Waals surface area contributed by atoms with Crippen LogP contribution in [0, 0.1) is 24.2 Å². The molecule has 3 N–H and O–H groups in total. The first kappa shape index (κ1) is 34.2. The van der Waals surface area contributed by atoms with Crippen LogP contribution in [0.25, 0.3) is 0 Å². The van der Waals surface area contributed by atoms with Gasteiger partial charge in [0.15, 0.2) is 0 Å². The molecule has 0 fully saturated rings. The first-order chi connectivity index (χ1) is 19.2. The second-order valence-electron chi connectivity index (χ2n) is 9.10.